The molecular formula is C14H26O3S. The zero-order valence-corrected chi connectivity index (χ0v) is 12.7. The summed E-state index contributed by atoms with van der Waals surface area (Å²) < 4.78 is 22.2. The first kappa shape index (κ1) is 15.7. The molecule has 3 nitrogen and oxygen atoms in total. The Hall–Kier alpha value is -0.380. The van der Waals surface area contributed by atoms with Crippen LogP contribution in [0, 0.1) is 11.3 Å². The Morgan fingerprint density at radius 2 is 1.78 bits per heavy atom. The quantitative estimate of drug-likeness (QED) is 0.717. The van der Waals surface area contributed by atoms with Gasteiger partial charge in [0.25, 0.3) is 0 Å². The fourth-order valence-corrected chi connectivity index (χ4v) is 3.86. The lowest BCUT2D eigenvalue weighted by molar-refractivity contribution is -0.129. The van der Waals surface area contributed by atoms with Crippen LogP contribution in [0.3, 0.4) is 0 Å². The Balaban J connectivity index is 2.56. The zero-order chi connectivity index (χ0) is 13.8. The lowest BCUT2D eigenvalue weighted by atomic mass is 9.74. The van der Waals surface area contributed by atoms with Crippen molar-refractivity contribution in [1.82, 2.24) is 0 Å². The van der Waals surface area contributed by atoms with Gasteiger partial charge in [-0.2, -0.15) is 0 Å². The standard InChI is InChI=1S/C14H26O3S/c1-12(2)11-14(8-4-5-9-14)13(15)7-6-10-18(3,16)17/h12H,4-11H2,1-3H3. The van der Waals surface area contributed by atoms with Crippen LogP contribution in [-0.4, -0.2) is 26.2 Å². The maximum Gasteiger partial charge on any atom is 0.147 e. The molecule has 1 fully saturated rings. The lowest BCUT2D eigenvalue weighted by Gasteiger charge is -2.29. The molecule has 1 aliphatic rings. The van der Waals surface area contributed by atoms with Gasteiger partial charge < -0.3 is 0 Å². The van der Waals surface area contributed by atoms with E-state index in [1.807, 2.05) is 0 Å². The normalized spacial score (nSPS) is 19.3. The second kappa shape index (κ2) is 6.18. The van der Waals surface area contributed by atoms with Crippen LogP contribution >= 0.6 is 0 Å². The minimum atomic E-state index is -2.94. The fourth-order valence-electron chi connectivity index (χ4n) is 3.19. The second-order valence-corrected chi connectivity index (χ2v) is 8.50. The van der Waals surface area contributed by atoms with E-state index in [-0.39, 0.29) is 11.2 Å². The number of hydrogen-bond acceptors (Lipinski definition) is 3. The fraction of sp³-hybridized carbons (Fsp3) is 0.929. The third-order valence-corrected chi connectivity index (χ3v) is 4.90. The van der Waals surface area contributed by atoms with Gasteiger partial charge in [-0.1, -0.05) is 26.7 Å². The summed E-state index contributed by atoms with van der Waals surface area (Å²) in [4.78, 5) is 12.4. The van der Waals surface area contributed by atoms with E-state index in [4.69, 9.17) is 0 Å². The Morgan fingerprint density at radius 3 is 2.22 bits per heavy atom. The molecule has 0 atom stereocenters. The van der Waals surface area contributed by atoms with Crippen LogP contribution in [0.1, 0.15) is 58.8 Å². The van der Waals surface area contributed by atoms with E-state index < -0.39 is 9.84 Å². The summed E-state index contributed by atoms with van der Waals surface area (Å²) >= 11 is 0. The molecule has 18 heavy (non-hydrogen) atoms. The molecule has 1 saturated carbocycles. The molecule has 106 valence electrons. The highest BCUT2D eigenvalue weighted by Crippen LogP contribution is 2.44. The molecule has 0 N–H and O–H groups in total. The number of carbonyl (C=O) groups excluding carboxylic acids is 1. The lowest BCUT2D eigenvalue weighted by Crippen LogP contribution is -2.30. The van der Waals surface area contributed by atoms with Crippen LogP contribution in [0.4, 0.5) is 0 Å². The van der Waals surface area contributed by atoms with Crippen molar-refractivity contribution in [2.24, 2.45) is 11.3 Å². The monoisotopic (exact) mass is 274 g/mol. The molecule has 0 spiro atoms. The maximum absolute atomic E-state index is 12.4. The van der Waals surface area contributed by atoms with E-state index in [0.29, 0.717) is 24.5 Å². The number of hydrogen-bond donors (Lipinski definition) is 0. The van der Waals surface area contributed by atoms with E-state index in [1.54, 1.807) is 0 Å². The van der Waals surface area contributed by atoms with Crippen molar-refractivity contribution < 1.29 is 13.2 Å². The molecule has 0 bridgehead atoms. The molecule has 0 radical (unpaired) electrons. The van der Waals surface area contributed by atoms with E-state index >= 15 is 0 Å². The van der Waals surface area contributed by atoms with Gasteiger partial charge >= 0.3 is 0 Å². The molecule has 0 aromatic rings. The van der Waals surface area contributed by atoms with E-state index in [9.17, 15) is 13.2 Å². The van der Waals surface area contributed by atoms with Crippen LogP contribution in [-0.2, 0) is 14.6 Å². The van der Waals surface area contributed by atoms with Gasteiger partial charge in [0.05, 0.1) is 5.75 Å². The highest BCUT2D eigenvalue weighted by atomic mass is 32.2. The predicted octanol–water partition coefficient (Wildman–Crippen LogP) is 2.99. The summed E-state index contributed by atoms with van der Waals surface area (Å²) in [5.74, 6) is 0.968. The number of rotatable bonds is 7. The molecule has 0 aromatic heterocycles. The molecule has 0 aromatic carbocycles. The van der Waals surface area contributed by atoms with E-state index in [2.05, 4.69) is 13.8 Å². The number of Topliss-reactive ketones (excluding diaryl/α,β-unsaturated/α-hetero) is 1. The molecule has 4 heteroatoms. The van der Waals surface area contributed by atoms with Crippen LogP contribution in [0.5, 0.6) is 0 Å². The van der Waals surface area contributed by atoms with Gasteiger partial charge in [0.15, 0.2) is 0 Å². The van der Waals surface area contributed by atoms with Crippen molar-refractivity contribution in [3.05, 3.63) is 0 Å². The van der Waals surface area contributed by atoms with E-state index in [1.165, 1.54) is 6.26 Å². The number of ketones is 1. The van der Waals surface area contributed by atoms with Crippen molar-refractivity contribution >= 4 is 15.6 Å². The maximum atomic E-state index is 12.4. The molecule has 0 unspecified atom stereocenters. The summed E-state index contributed by atoms with van der Waals surface area (Å²) in [5.41, 5.74) is -0.133. The molecule has 1 aliphatic carbocycles. The van der Waals surface area contributed by atoms with Gasteiger partial charge in [-0.3, -0.25) is 4.79 Å². The minimum Gasteiger partial charge on any atom is -0.299 e. The van der Waals surface area contributed by atoms with Gasteiger partial charge in [0.2, 0.25) is 0 Å². The first-order valence-corrected chi connectivity index (χ1v) is 9.02. The van der Waals surface area contributed by atoms with Crippen molar-refractivity contribution in [1.29, 1.82) is 0 Å². The molecule has 0 amide bonds. The molecule has 1 rings (SSSR count). The highest BCUT2D eigenvalue weighted by Gasteiger charge is 2.40. The number of sulfone groups is 1. The molecule has 0 saturated heterocycles. The average Bonchev–Trinajstić information content (AvgIpc) is 2.64. The van der Waals surface area contributed by atoms with Gasteiger partial charge in [-0.25, -0.2) is 8.42 Å². The first-order valence-electron chi connectivity index (χ1n) is 6.96. The topological polar surface area (TPSA) is 51.2 Å². The summed E-state index contributed by atoms with van der Waals surface area (Å²) in [5, 5.41) is 0. The zero-order valence-electron chi connectivity index (χ0n) is 11.9. The smallest absolute Gasteiger partial charge is 0.147 e. The molecular weight excluding hydrogens is 248 g/mol. The van der Waals surface area contributed by atoms with Gasteiger partial charge in [-0.15, -0.1) is 0 Å². The van der Waals surface area contributed by atoms with Crippen LogP contribution in [0.15, 0.2) is 0 Å². The molecule has 0 aliphatic heterocycles. The van der Waals surface area contributed by atoms with Gasteiger partial charge in [0.1, 0.15) is 15.6 Å². The summed E-state index contributed by atoms with van der Waals surface area (Å²) in [6.45, 7) is 4.31. The predicted molar refractivity (Wildman–Crippen MR) is 74.3 cm³/mol. The van der Waals surface area contributed by atoms with Crippen molar-refractivity contribution in [2.75, 3.05) is 12.0 Å². The minimum absolute atomic E-state index is 0.133. The highest BCUT2D eigenvalue weighted by molar-refractivity contribution is 7.90. The van der Waals surface area contributed by atoms with E-state index in [0.717, 1.165) is 32.1 Å². The van der Waals surface area contributed by atoms with Crippen LogP contribution in [0.25, 0.3) is 0 Å². The van der Waals surface area contributed by atoms with Gasteiger partial charge in [0, 0.05) is 18.1 Å². The van der Waals surface area contributed by atoms with Crippen molar-refractivity contribution in [3.63, 3.8) is 0 Å². The summed E-state index contributed by atoms with van der Waals surface area (Å²) in [6.07, 6.45) is 7.40. The van der Waals surface area contributed by atoms with Crippen molar-refractivity contribution in [2.45, 2.75) is 58.8 Å². The van der Waals surface area contributed by atoms with Crippen LogP contribution < -0.4 is 0 Å². The summed E-state index contributed by atoms with van der Waals surface area (Å²) in [6, 6.07) is 0. The second-order valence-electron chi connectivity index (χ2n) is 6.24. The van der Waals surface area contributed by atoms with Gasteiger partial charge in [-0.05, 0) is 31.6 Å². The first-order chi connectivity index (χ1) is 8.25. The Labute approximate surface area is 111 Å². The van der Waals surface area contributed by atoms with Crippen LogP contribution in [0.2, 0.25) is 0 Å². The third-order valence-electron chi connectivity index (χ3n) is 3.87. The SMILES string of the molecule is CC(C)CC1(C(=O)CCCS(C)(=O)=O)CCCC1. The number of carbonyl (C=O) groups is 1. The third kappa shape index (κ3) is 4.71. The summed E-state index contributed by atoms with van der Waals surface area (Å²) in [7, 11) is -2.94. The largest absolute Gasteiger partial charge is 0.299 e. The van der Waals surface area contributed by atoms with Crippen molar-refractivity contribution in [3.8, 4) is 0 Å². The molecule has 0 heterocycles. The average molecular weight is 274 g/mol. The Kier molecular flexibility index (Phi) is 5.38. The Bertz CT molecular complexity index is 376. The Morgan fingerprint density at radius 1 is 1.22 bits per heavy atom.